The molecule has 1 atom stereocenters. The first-order valence-corrected chi connectivity index (χ1v) is 10.6. The standard InChI is InChI=1S/C24H18N2O4S/c1-3-10-29-16-6-4-5-15(13-16)20-19-21(27)17-12-14(2)7-8-18(17)30-22(19)23(28)26(20)24-25-9-11-31-24/h3-9,11-13,20H,1,10H2,2H3/t20-/m1/s1. The highest BCUT2D eigenvalue weighted by molar-refractivity contribution is 7.13. The lowest BCUT2D eigenvalue weighted by molar-refractivity contribution is 0.0971. The normalized spacial score (nSPS) is 15.3. The third kappa shape index (κ3) is 3.14. The Hall–Kier alpha value is -3.71. The summed E-state index contributed by atoms with van der Waals surface area (Å²) in [5, 5.41) is 2.75. The highest BCUT2D eigenvalue weighted by Crippen LogP contribution is 2.42. The van der Waals surface area contributed by atoms with Crippen molar-refractivity contribution in [3.8, 4) is 5.75 Å². The Morgan fingerprint density at radius 1 is 1.26 bits per heavy atom. The zero-order valence-electron chi connectivity index (χ0n) is 16.7. The van der Waals surface area contributed by atoms with Gasteiger partial charge in [-0.15, -0.1) is 11.3 Å². The molecule has 5 rings (SSSR count). The van der Waals surface area contributed by atoms with Crippen molar-refractivity contribution in [1.29, 1.82) is 0 Å². The second-order valence-corrected chi connectivity index (χ2v) is 8.11. The van der Waals surface area contributed by atoms with Crippen LogP contribution >= 0.6 is 11.3 Å². The maximum Gasteiger partial charge on any atom is 0.297 e. The van der Waals surface area contributed by atoms with Crippen molar-refractivity contribution in [2.45, 2.75) is 13.0 Å². The number of hydrogen-bond donors (Lipinski definition) is 0. The molecule has 2 aromatic heterocycles. The quantitative estimate of drug-likeness (QED) is 0.422. The number of nitrogens with zero attached hydrogens (tertiary/aromatic N) is 2. The molecule has 7 heteroatoms. The van der Waals surface area contributed by atoms with Gasteiger partial charge in [-0.3, -0.25) is 14.5 Å². The van der Waals surface area contributed by atoms with Crippen molar-refractivity contribution < 1.29 is 13.9 Å². The number of aryl methyl sites for hydroxylation is 1. The predicted molar refractivity (Wildman–Crippen MR) is 120 cm³/mol. The first-order valence-electron chi connectivity index (χ1n) is 9.72. The number of hydrogen-bond acceptors (Lipinski definition) is 6. The van der Waals surface area contributed by atoms with Crippen molar-refractivity contribution in [2.75, 3.05) is 11.5 Å². The molecule has 3 heterocycles. The number of thiazole rings is 1. The van der Waals surface area contributed by atoms with E-state index in [4.69, 9.17) is 9.15 Å². The van der Waals surface area contributed by atoms with E-state index in [1.807, 2.05) is 37.3 Å². The maximum atomic E-state index is 13.6. The van der Waals surface area contributed by atoms with E-state index >= 15 is 0 Å². The van der Waals surface area contributed by atoms with Crippen LogP contribution in [0.3, 0.4) is 0 Å². The molecule has 1 aliphatic rings. The number of rotatable bonds is 5. The van der Waals surface area contributed by atoms with Gasteiger partial charge in [0.1, 0.15) is 17.9 Å². The second kappa shape index (κ2) is 7.52. The number of amides is 1. The average molecular weight is 430 g/mol. The maximum absolute atomic E-state index is 13.6. The fourth-order valence-electron chi connectivity index (χ4n) is 3.86. The Bertz CT molecular complexity index is 1370. The molecule has 1 amide bonds. The number of ether oxygens (including phenoxy) is 1. The Labute approximate surface area is 182 Å². The lowest BCUT2D eigenvalue weighted by Crippen LogP contribution is -2.29. The summed E-state index contributed by atoms with van der Waals surface area (Å²) < 4.78 is 11.6. The lowest BCUT2D eigenvalue weighted by atomic mass is 9.98. The molecule has 0 N–H and O–H groups in total. The van der Waals surface area contributed by atoms with Gasteiger partial charge < -0.3 is 9.15 Å². The Morgan fingerprint density at radius 2 is 2.13 bits per heavy atom. The van der Waals surface area contributed by atoms with Crippen LogP contribution in [0, 0.1) is 6.92 Å². The van der Waals surface area contributed by atoms with Crippen LogP contribution in [0.2, 0.25) is 0 Å². The summed E-state index contributed by atoms with van der Waals surface area (Å²) in [6.45, 7) is 5.94. The molecule has 0 fully saturated rings. The van der Waals surface area contributed by atoms with Gasteiger partial charge in [0.05, 0.1) is 17.0 Å². The molecule has 4 aromatic rings. The molecule has 6 nitrogen and oxygen atoms in total. The highest BCUT2D eigenvalue weighted by Gasteiger charge is 2.44. The largest absolute Gasteiger partial charge is 0.490 e. The molecule has 1 aliphatic heterocycles. The SMILES string of the molecule is C=CCOc1cccc([C@@H]2c3c(oc4ccc(C)cc4c3=O)C(=O)N2c2nccs2)c1. The van der Waals surface area contributed by atoms with Gasteiger partial charge in [-0.2, -0.15) is 0 Å². The van der Waals surface area contributed by atoms with E-state index in [9.17, 15) is 9.59 Å². The van der Waals surface area contributed by atoms with E-state index in [0.717, 1.165) is 11.1 Å². The fraction of sp³-hybridized carbons (Fsp3) is 0.125. The Morgan fingerprint density at radius 3 is 2.90 bits per heavy atom. The number of carbonyl (C=O) groups is 1. The van der Waals surface area contributed by atoms with Gasteiger partial charge in [-0.1, -0.05) is 36.4 Å². The van der Waals surface area contributed by atoms with Gasteiger partial charge >= 0.3 is 0 Å². The summed E-state index contributed by atoms with van der Waals surface area (Å²) in [7, 11) is 0. The van der Waals surface area contributed by atoms with Crippen LogP contribution < -0.4 is 15.1 Å². The third-order valence-electron chi connectivity index (χ3n) is 5.19. The highest BCUT2D eigenvalue weighted by atomic mass is 32.1. The molecule has 0 radical (unpaired) electrons. The molecule has 31 heavy (non-hydrogen) atoms. The fourth-order valence-corrected chi connectivity index (χ4v) is 4.53. The molecular weight excluding hydrogens is 412 g/mol. The van der Waals surface area contributed by atoms with Crippen LogP contribution in [0.4, 0.5) is 5.13 Å². The van der Waals surface area contributed by atoms with Crippen LogP contribution in [0.25, 0.3) is 11.0 Å². The summed E-state index contributed by atoms with van der Waals surface area (Å²) in [5.74, 6) is 0.296. The molecule has 0 saturated heterocycles. The topological polar surface area (TPSA) is 72.6 Å². The van der Waals surface area contributed by atoms with Gasteiger partial charge in [0.15, 0.2) is 10.6 Å². The smallest absolute Gasteiger partial charge is 0.297 e. The minimum Gasteiger partial charge on any atom is -0.490 e. The van der Waals surface area contributed by atoms with Gasteiger partial charge in [-0.25, -0.2) is 4.98 Å². The summed E-state index contributed by atoms with van der Waals surface area (Å²) in [4.78, 5) is 32.8. The predicted octanol–water partition coefficient (Wildman–Crippen LogP) is 4.87. The summed E-state index contributed by atoms with van der Waals surface area (Å²) in [6, 6.07) is 12.1. The molecule has 0 aliphatic carbocycles. The van der Waals surface area contributed by atoms with Crippen molar-refractivity contribution >= 4 is 33.3 Å². The van der Waals surface area contributed by atoms with Crippen LogP contribution in [-0.2, 0) is 0 Å². The lowest BCUT2D eigenvalue weighted by Gasteiger charge is -2.23. The monoisotopic (exact) mass is 430 g/mol. The number of carbonyl (C=O) groups excluding carboxylic acids is 1. The van der Waals surface area contributed by atoms with Crippen molar-refractivity contribution in [1.82, 2.24) is 4.98 Å². The number of fused-ring (bicyclic) bond motifs is 2. The van der Waals surface area contributed by atoms with Crippen molar-refractivity contribution in [3.63, 3.8) is 0 Å². The summed E-state index contributed by atoms with van der Waals surface area (Å²) in [6.07, 6.45) is 3.29. The zero-order valence-corrected chi connectivity index (χ0v) is 17.5. The van der Waals surface area contributed by atoms with Crippen LogP contribution in [0.15, 0.2) is 75.9 Å². The van der Waals surface area contributed by atoms with Crippen molar-refractivity contribution in [2.24, 2.45) is 0 Å². The number of anilines is 1. The molecule has 0 unspecified atom stereocenters. The van der Waals surface area contributed by atoms with E-state index in [0.29, 0.717) is 34.0 Å². The molecule has 0 bridgehead atoms. The number of benzene rings is 2. The van der Waals surface area contributed by atoms with E-state index in [1.54, 1.807) is 29.8 Å². The summed E-state index contributed by atoms with van der Waals surface area (Å²) >= 11 is 1.33. The number of aromatic nitrogens is 1. The third-order valence-corrected chi connectivity index (χ3v) is 5.96. The Kier molecular flexibility index (Phi) is 4.67. The molecule has 2 aromatic carbocycles. The zero-order chi connectivity index (χ0) is 21.5. The second-order valence-electron chi connectivity index (χ2n) is 7.24. The molecule has 0 saturated carbocycles. The van der Waals surface area contributed by atoms with Crippen LogP contribution in [0.1, 0.15) is 33.3 Å². The first-order chi connectivity index (χ1) is 15.1. The van der Waals surface area contributed by atoms with Gasteiger partial charge in [-0.05, 0) is 36.8 Å². The van der Waals surface area contributed by atoms with Gasteiger partial charge in [0, 0.05) is 11.6 Å². The van der Waals surface area contributed by atoms with E-state index in [1.165, 1.54) is 16.2 Å². The first kappa shape index (κ1) is 19.3. The van der Waals surface area contributed by atoms with Crippen LogP contribution in [-0.4, -0.2) is 17.5 Å². The molecule has 154 valence electrons. The van der Waals surface area contributed by atoms with Gasteiger partial charge in [0.25, 0.3) is 5.91 Å². The van der Waals surface area contributed by atoms with Crippen LogP contribution in [0.5, 0.6) is 5.75 Å². The van der Waals surface area contributed by atoms with E-state index < -0.39 is 6.04 Å². The minimum atomic E-state index is -0.665. The average Bonchev–Trinajstić information content (AvgIpc) is 3.40. The minimum absolute atomic E-state index is 0.0546. The van der Waals surface area contributed by atoms with Crippen molar-refractivity contribution in [3.05, 3.63) is 99.4 Å². The Balaban J connectivity index is 1.76. The van der Waals surface area contributed by atoms with E-state index in [-0.39, 0.29) is 17.1 Å². The van der Waals surface area contributed by atoms with Gasteiger partial charge in [0.2, 0.25) is 5.76 Å². The molecule has 0 spiro atoms. The summed E-state index contributed by atoms with van der Waals surface area (Å²) in [5.41, 5.74) is 2.18. The molecular formula is C24H18N2O4S. The van der Waals surface area contributed by atoms with E-state index in [2.05, 4.69) is 11.6 Å².